The van der Waals surface area contributed by atoms with Crippen LogP contribution in [0.5, 0.6) is 0 Å². The Morgan fingerprint density at radius 1 is 1.38 bits per heavy atom. The van der Waals surface area contributed by atoms with E-state index in [1.165, 1.54) is 11.3 Å². The Kier molecular flexibility index (Phi) is 3.21. The van der Waals surface area contributed by atoms with E-state index in [2.05, 4.69) is 31.1 Å². The van der Waals surface area contributed by atoms with Crippen LogP contribution in [0.4, 0.5) is 0 Å². The number of fused-ring (bicyclic) bond motifs is 3. The van der Waals surface area contributed by atoms with Gasteiger partial charge in [0.2, 0.25) is 0 Å². The summed E-state index contributed by atoms with van der Waals surface area (Å²) >= 11 is 0. The molecule has 0 radical (unpaired) electrons. The summed E-state index contributed by atoms with van der Waals surface area (Å²) in [6.45, 7) is 4.55. The van der Waals surface area contributed by atoms with Crippen molar-refractivity contribution in [2.75, 3.05) is 0 Å². The van der Waals surface area contributed by atoms with E-state index >= 15 is 0 Å². The number of nitriles is 1. The summed E-state index contributed by atoms with van der Waals surface area (Å²) in [5, 5.41) is 18.7. The minimum atomic E-state index is -0.144. The summed E-state index contributed by atoms with van der Waals surface area (Å²) in [5.41, 5.74) is 5.52. The first-order valence-corrected chi connectivity index (χ1v) is 8.61. The van der Waals surface area contributed by atoms with E-state index < -0.39 is 0 Å². The third-order valence-corrected chi connectivity index (χ3v) is 5.96. The van der Waals surface area contributed by atoms with Gasteiger partial charge in [-0.3, -0.25) is 9.36 Å². The quantitative estimate of drug-likeness (QED) is 0.811. The van der Waals surface area contributed by atoms with Gasteiger partial charge in [-0.2, -0.15) is 15.5 Å². The van der Waals surface area contributed by atoms with Gasteiger partial charge >= 0.3 is 0 Å². The Labute approximate surface area is 142 Å². The van der Waals surface area contributed by atoms with E-state index in [1.54, 1.807) is 0 Å². The first-order valence-electron chi connectivity index (χ1n) is 8.61. The number of aromatic nitrogens is 4. The predicted octanol–water partition coefficient (Wildman–Crippen LogP) is 3.13. The number of hydrogen-bond acceptors (Lipinski definition) is 3. The van der Waals surface area contributed by atoms with Gasteiger partial charge in [0.1, 0.15) is 0 Å². The Morgan fingerprint density at radius 2 is 2.17 bits per heavy atom. The average Bonchev–Trinajstić information content (AvgIpc) is 3.09. The molecule has 2 aliphatic carbocycles. The number of aryl methyl sites for hydroxylation is 2. The topological polar surface area (TPSA) is 59.4 Å². The summed E-state index contributed by atoms with van der Waals surface area (Å²) in [6.07, 6.45) is 9.24. The zero-order valence-electron chi connectivity index (χ0n) is 14.7. The van der Waals surface area contributed by atoms with Crippen LogP contribution in [0, 0.1) is 23.2 Å². The highest BCUT2D eigenvalue weighted by atomic mass is 15.3. The van der Waals surface area contributed by atoms with Gasteiger partial charge < -0.3 is 0 Å². The van der Waals surface area contributed by atoms with Gasteiger partial charge in [0, 0.05) is 42.4 Å². The number of nitrogens with zero attached hydrogens (tertiary/aromatic N) is 5. The molecule has 0 aliphatic heterocycles. The lowest BCUT2D eigenvalue weighted by Gasteiger charge is -2.45. The van der Waals surface area contributed by atoms with Crippen molar-refractivity contribution in [1.82, 2.24) is 19.6 Å². The molecule has 0 amide bonds. The molecule has 0 saturated heterocycles. The fraction of sp³-hybridized carbons (Fsp3) is 0.526. The fourth-order valence-electron chi connectivity index (χ4n) is 4.96. The molecule has 0 N–H and O–H groups in total. The molecule has 2 aromatic heterocycles. The highest BCUT2D eigenvalue weighted by Crippen LogP contribution is 2.51. The number of rotatable bonds is 1. The molecule has 2 aromatic rings. The fourth-order valence-corrected chi connectivity index (χ4v) is 4.96. The molecule has 2 aliphatic rings. The molecule has 0 aromatic carbocycles. The van der Waals surface area contributed by atoms with Crippen LogP contribution in [0.1, 0.15) is 37.9 Å². The van der Waals surface area contributed by atoms with E-state index in [4.69, 9.17) is 5.10 Å². The predicted molar refractivity (Wildman–Crippen MR) is 92.1 cm³/mol. The summed E-state index contributed by atoms with van der Waals surface area (Å²) in [5.74, 6) is 1.07. The van der Waals surface area contributed by atoms with Gasteiger partial charge in [-0.05, 0) is 31.1 Å². The molecule has 0 fully saturated rings. The maximum absolute atomic E-state index is 9.45. The van der Waals surface area contributed by atoms with Crippen molar-refractivity contribution < 1.29 is 0 Å². The zero-order valence-corrected chi connectivity index (χ0v) is 14.7. The SMILES string of the molecule is C[C@@H]1CC(C#N)=C[C@]2(C)c3nn(C)c(-c4cnn(C)c4)c3CC[C@@H]12. The summed E-state index contributed by atoms with van der Waals surface area (Å²) in [6, 6.07) is 2.39. The van der Waals surface area contributed by atoms with Gasteiger partial charge in [0.15, 0.2) is 0 Å². The van der Waals surface area contributed by atoms with Crippen molar-refractivity contribution in [3.63, 3.8) is 0 Å². The largest absolute Gasteiger partial charge is 0.275 e. The van der Waals surface area contributed by atoms with Gasteiger partial charge in [-0.15, -0.1) is 0 Å². The summed E-state index contributed by atoms with van der Waals surface area (Å²) in [4.78, 5) is 0. The lowest BCUT2D eigenvalue weighted by molar-refractivity contribution is 0.201. The maximum atomic E-state index is 9.45. The summed E-state index contributed by atoms with van der Waals surface area (Å²) < 4.78 is 3.83. The van der Waals surface area contributed by atoms with Crippen molar-refractivity contribution in [3.05, 3.63) is 35.3 Å². The molecular weight excluding hydrogens is 298 g/mol. The first kappa shape index (κ1) is 15.2. The molecule has 4 rings (SSSR count). The number of hydrogen-bond donors (Lipinski definition) is 0. The minimum Gasteiger partial charge on any atom is -0.275 e. The van der Waals surface area contributed by atoms with Crippen LogP contribution < -0.4 is 0 Å². The standard InChI is InChI=1S/C19H23N5/c1-12-7-13(9-20)8-19(2)16(12)6-5-15-17(24(4)22-18(15)19)14-10-21-23(3)11-14/h8,10-12,16H,5-7H2,1-4H3/t12-,16+,19+/m1/s1. The van der Waals surface area contributed by atoms with Gasteiger partial charge in [-0.25, -0.2) is 0 Å². The van der Waals surface area contributed by atoms with E-state index in [0.717, 1.165) is 36.1 Å². The van der Waals surface area contributed by atoms with Crippen LogP contribution >= 0.6 is 0 Å². The van der Waals surface area contributed by atoms with Crippen LogP contribution in [0.25, 0.3) is 11.3 Å². The van der Waals surface area contributed by atoms with Crippen molar-refractivity contribution >= 4 is 0 Å². The van der Waals surface area contributed by atoms with Crippen LogP contribution in [-0.2, 0) is 25.9 Å². The third kappa shape index (κ3) is 1.99. The molecule has 3 atom stereocenters. The van der Waals surface area contributed by atoms with E-state index in [-0.39, 0.29) is 5.41 Å². The van der Waals surface area contributed by atoms with Crippen LogP contribution in [0.2, 0.25) is 0 Å². The Morgan fingerprint density at radius 3 is 2.83 bits per heavy atom. The van der Waals surface area contributed by atoms with Gasteiger partial charge in [0.05, 0.1) is 23.7 Å². The second kappa shape index (κ2) is 5.07. The highest BCUT2D eigenvalue weighted by molar-refractivity contribution is 5.65. The molecular formula is C19H23N5. The minimum absolute atomic E-state index is 0.144. The third-order valence-electron chi connectivity index (χ3n) is 5.96. The lowest BCUT2D eigenvalue weighted by atomic mass is 9.58. The molecule has 0 spiro atoms. The molecule has 124 valence electrons. The Balaban J connectivity index is 1.92. The second-order valence-corrected chi connectivity index (χ2v) is 7.59. The normalized spacial score (nSPS) is 28.7. The van der Waals surface area contributed by atoms with Crippen LogP contribution in [-0.4, -0.2) is 19.6 Å². The second-order valence-electron chi connectivity index (χ2n) is 7.59. The summed E-state index contributed by atoms with van der Waals surface area (Å²) in [7, 11) is 3.95. The number of allylic oxidation sites excluding steroid dienone is 2. The van der Waals surface area contributed by atoms with Crippen molar-refractivity contribution in [3.8, 4) is 17.3 Å². The van der Waals surface area contributed by atoms with Crippen LogP contribution in [0.15, 0.2) is 24.0 Å². The molecule has 5 nitrogen and oxygen atoms in total. The highest BCUT2D eigenvalue weighted by Gasteiger charge is 2.47. The molecule has 5 heteroatoms. The van der Waals surface area contributed by atoms with Crippen molar-refractivity contribution in [2.45, 2.75) is 38.5 Å². The van der Waals surface area contributed by atoms with E-state index in [1.807, 2.05) is 35.9 Å². The lowest BCUT2D eigenvalue weighted by Crippen LogP contribution is -2.42. The van der Waals surface area contributed by atoms with Gasteiger partial charge in [-0.1, -0.05) is 19.9 Å². The maximum Gasteiger partial charge on any atom is 0.0944 e. The average molecular weight is 321 g/mol. The first-order chi connectivity index (χ1) is 11.4. The monoisotopic (exact) mass is 321 g/mol. The van der Waals surface area contributed by atoms with Crippen LogP contribution in [0.3, 0.4) is 0 Å². The zero-order chi connectivity index (χ0) is 17.1. The Bertz CT molecular complexity index is 878. The van der Waals surface area contributed by atoms with E-state index in [0.29, 0.717) is 11.8 Å². The molecule has 0 bridgehead atoms. The molecule has 0 unspecified atom stereocenters. The smallest absolute Gasteiger partial charge is 0.0944 e. The molecule has 24 heavy (non-hydrogen) atoms. The Hall–Kier alpha value is -2.35. The molecule has 2 heterocycles. The molecule has 0 saturated carbocycles. The van der Waals surface area contributed by atoms with E-state index in [9.17, 15) is 5.26 Å². The van der Waals surface area contributed by atoms with Crippen molar-refractivity contribution in [1.29, 1.82) is 5.26 Å². The van der Waals surface area contributed by atoms with Gasteiger partial charge in [0.25, 0.3) is 0 Å². The van der Waals surface area contributed by atoms with Crippen molar-refractivity contribution in [2.24, 2.45) is 25.9 Å².